The number of thioether (sulfide) groups is 1. The molecule has 2 aromatic heterocycles. The number of fused-ring (bicyclic) bond motifs is 1. The maximum Gasteiger partial charge on any atom is 0.453 e. The molecule has 0 spiro atoms. The summed E-state index contributed by atoms with van der Waals surface area (Å²) < 4.78 is 39.1. The summed E-state index contributed by atoms with van der Waals surface area (Å²) in [5, 5.41) is 8.87. The molecule has 1 aliphatic rings. The Morgan fingerprint density at radius 3 is 2.89 bits per heavy atom. The molecular weight excluding hydrogens is 285 g/mol. The Morgan fingerprint density at radius 1 is 1.39 bits per heavy atom. The molecule has 96 valence electrons. The maximum atomic E-state index is 12.7. The Hall–Kier alpha value is -1.22. The average Bonchev–Trinajstić information content (AvgIpc) is 2.96. The Kier molecular flexibility index (Phi) is 2.74. The summed E-state index contributed by atoms with van der Waals surface area (Å²) in [4.78, 5) is 0.995. The third kappa shape index (κ3) is 1.97. The van der Waals surface area contributed by atoms with Crippen LogP contribution in [0, 0.1) is 0 Å². The first-order chi connectivity index (χ1) is 8.55. The minimum atomic E-state index is -4.50. The van der Waals surface area contributed by atoms with Gasteiger partial charge in [0.2, 0.25) is 5.16 Å². The Labute approximate surface area is 108 Å². The molecule has 0 saturated heterocycles. The van der Waals surface area contributed by atoms with E-state index in [4.69, 9.17) is 0 Å². The van der Waals surface area contributed by atoms with Crippen molar-refractivity contribution in [1.82, 2.24) is 14.9 Å². The topological polar surface area (TPSA) is 42.7 Å². The van der Waals surface area contributed by atoms with E-state index in [1.54, 1.807) is 0 Å². The summed E-state index contributed by atoms with van der Waals surface area (Å²) in [7, 11) is 0. The number of hydrogen-bond donors (Lipinski definition) is 1. The smallest absolute Gasteiger partial charge is 0.313 e. The lowest BCUT2D eigenvalue weighted by Crippen LogP contribution is -2.31. The van der Waals surface area contributed by atoms with Crippen LogP contribution in [-0.4, -0.2) is 20.6 Å². The maximum absolute atomic E-state index is 12.7. The number of alkyl halides is 3. The lowest BCUT2D eigenvalue weighted by atomic mass is 10.3. The number of nitrogens with one attached hydrogen (secondary N) is 1. The summed E-state index contributed by atoms with van der Waals surface area (Å²) in [5.41, 5.74) is 2.82. The second-order valence-corrected chi connectivity index (χ2v) is 5.61. The molecule has 0 aromatic carbocycles. The van der Waals surface area contributed by atoms with Gasteiger partial charge in [-0.2, -0.15) is 13.2 Å². The summed E-state index contributed by atoms with van der Waals surface area (Å²) >= 11 is 2.77. The highest BCUT2D eigenvalue weighted by Crippen LogP contribution is 2.35. The number of aromatic nitrogens is 3. The molecule has 18 heavy (non-hydrogen) atoms. The van der Waals surface area contributed by atoms with Crippen molar-refractivity contribution in [2.24, 2.45) is 0 Å². The Bertz CT molecular complexity index is 549. The fourth-order valence-electron chi connectivity index (χ4n) is 1.65. The van der Waals surface area contributed by atoms with Crippen molar-refractivity contribution in [2.75, 3.05) is 11.2 Å². The third-order valence-corrected chi connectivity index (χ3v) is 4.45. The molecule has 1 aliphatic heterocycles. The monoisotopic (exact) mass is 292 g/mol. The molecule has 4 nitrogen and oxygen atoms in total. The number of halogens is 3. The quantitative estimate of drug-likeness (QED) is 0.877. The van der Waals surface area contributed by atoms with E-state index >= 15 is 0 Å². The van der Waals surface area contributed by atoms with E-state index in [0.29, 0.717) is 5.75 Å². The van der Waals surface area contributed by atoms with Crippen LogP contribution in [0.15, 0.2) is 22.7 Å². The van der Waals surface area contributed by atoms with Crippen molar-refractivity contribution < 1.29 is 13.2 Å². The van der Waals surface area contributed by atoms with Gasteiger partial charge in [0.15, 0.2) is 0 Å². The van der Waals surface area contributed by atoms with Gasteiger partial charge in [0.25, 0.3) is 5.82 Å². The highest BCUT2D eigenvalue weighted by molar-refractivity contribution is 7.99. The second kappa shape index (κ2) is 4.16. The molecule has 0 bridgehead atoms. The predicted molar refractivity (Wildman–Crippen MR) is 62.2 cm³/mol. The van der Waals surface area contributed by atoms with Gasteiger partial charge in [0.1, 0.15) is 0 Å². The zero-order valence-electron chi connectivity index (χ0n) is 8.81. The zero-order valence-corrected chi connectivity index (χ0v) is 10.4. The molecule has 0 saturated carbocycles. The lowest BCUT2D eigenvalue weighted by molar-refractivity contribution is -0.147. The van der Waals surface area contributed by atoms with Crippen LogP contribution >= 0.6 is 23.1 Å². The van der Waals surface area contributed by atoms with Gasteiger partial charge in [-0.05, 0) is 11.4 Å². The molecule has 3 rings (SSSR count). The van der Waals surface area contributed by atoms with E-state index < -0.39 is 12.0 Å². The number of hydrogen-bond acceptors (Lipinski definition) is 5. The molecule has 0 fully saturated rings. The largest absolute Gasteiger partial charge is 0.453 e. The van der Waals surface area contributed by atoms with Crippen LogP contribution in [0.25, 0.3) is 0 Å². The predicted octanol–water partition coefficient (Wildman–Crippen LogP) is 2.75. The van der Waals surface area contributed by atoms with E-state index in [1.807, 2.05) is 17.5 Å². The molecule has 0 amide bonds. The van der Waals surface area contributed by atoms with Crippen molar-refractivity contribution in [3.05, 3.63) is 28.2 Å². The molecule has 9 heteroatoms. The first kappa shape index (κ1) is 11.8. The molecule has 2 aromatic rings. The molecule has 0 radical (unpaired) electrons. The third-order valence-electron chi connectivity index (χ3n) is 2.44. The van der Waals surface area contributed by atoms with E-state index in [9.17, 15) is 13.2 Å². The highest BCUT2D eigenvalue weighted by atomic mass is 32.2. The van der Waals surface area contributed by atoms with Gasteiger partial charge in [-0.25, -0.2) is 4.68 Å². The minimum Gasteiger partial charge on any atom is -0.313 e. The van der Waals surface area contributed by atoms with Crippen LogP contribution in [0.1, 0.15) is 16.7 Å². The van der Waals surface area contributed by atoms with Crippen molar-refractivity contribution in [3.63, 3.8) is 0 Å². The van der Waals surface area contributed by atoms with Gasteiger partial charge in [0.05, 0.1) is 6.04 Å². The van der Waals surface area contributed by atoms with Crippen LogP contribution in [-0.2, 0) is 6.18 Å². The van der Waals surface area contributed by atoms with Crippen molar-refractivity contribution in [1.29, 1.82) is 0 Å². The van der Waals surface area contributed by atoms with Gasteiger partial charge in [-0.1, -0.05) is 17.8 Å². The number of thiophene rings is 1. The van der Waals surface area contributed by atoms with Crippen LogP contribution < -0.4 is 5.43 Å². The van der Waals surface area contributed by atoms with Crippen LogP contribution in [0.2, 0.25) is 0 Å². The van der Waals surface area contributed by atoms with Crippen LogP contribution in [0.3, 0.4) is 0 Å². The van der Waals surface area contributed by atoms with Crippen LogP contribution in [0.5, 0.6) is 0 Å². The number of rotatable bonds is 1. The fourth-order valence-corrected chi connectivity index (χ4v) is 3.46. The van der Waals surface area contributed by atoms with Crippen molar-refractivity contribution in [2.45, 2.75) is 17.4 Å². The minimum absolute atomic E-state index is 0.153. The first-order valence-electron chi connectivity index (χ1n) is 5.01. The summed E-state index contributed by atoms with van der Waals surface area (Å²) in [5.74, 6) is -0.373. The van der Waals surface area contributed by atoms with Gasteiger partial charge in [-0.15, -0.1) is 21.5 Å². The second-order valence-electron chi connectivity index (χ2n) is 3.65. The fraction of sp³-hybridized carbons (Fsp3) is 0.333. The van der Waals surface area contributed by atoms with E-state index in [1.165, 1.54) is 23.1 Å². The van der Waals surface area contributed by atoms with Gasteiger partial charge in [-0.3, -0.25) is 0 Å². The van der Waals surface area contributed by atoms with E-state index in [0.717, 1.165) is 9.55 Å². The zero-order chi connectivity index (χ0) is 12.8. The standard InChI is InChI=1S/C9H7F3N4S2/c10-9(11,12)7-13-14-8-16(7)15-5(4-18-8)6-2-1-3-17-6/h1-3,5,15H,4H2. The molecule has 3 heterocycles. The summed E-state index contributed by atoms with van der Waals surface area (Å²) in [6.07, 6.45) is -4.50. The SMILES string of the molecule is FC(F)(F)c1nnc2n1NC(c1cccs1)CS2. The molecule has 1 atom stereocenters. The number of nitrogens with zero attached hydrogens (tertiary/aromatic N) is 3. The van der Waals surface area contributed by atoms with E-state index in [-0.39, 0.29) is 11.2 Å². The van der Waals surface area contributed by atoms with Gasteiger partial charge >= 0.3 is 6.18 Å². The Morgan fingerprint density at radius 2 is 2.22 bits per heavy atom. The molecular formula is C9H7F3N4S2. The lowest BCUT2D eigenvalue weighted by Gasteiger charge is -2.25. The molecule has 0 aliphatic carbocycles. The van der Waals surface area contributed by atoms with Gasteiger partial charge in [0, 0.05) is 10.6 Å². The molecule has 1 N–H and O–H groups in total. The highest BCUT2D eigenvalue weighted by Gasteiger charge is 2.40. The summed E-state index contributed by atoms with van der Waals surface area (Å²) in [6, 6.07) is 3.61. The van der Waals surface area contributed by atoms with Crippen molar-refractivity contribution >= 4 is 23.1 Å². The first-order valence-corrected chi connectivity index (χ1v) is 6.87. The van der Waals surface area contributed by atoms with Crippen LogP contribution in [0.4, 0.5) is 13.2 Å². The Balaban J connectivity index is 1.94. The van der Waals surface area contributed by atoms with E-state index in [2.05, 4.69) is 15.6 Å². The average molecular weight is 292 g/mol. The van der Waals surface area contributed by atoms with Gasteiger partial charge < -0.3 is 5.43 Å². The summed E-state index contributed by atoms with van der Waals surface area (Å²) in [6.45, 7) is 0. The van der Waals surface area contributed by atoms with Crippen molar-refractivity contribution in [3.8, 4) is 0 Å². The normalized spacial score (nSPS) is 19.4. The molecule has 1 unspecified atom stereocenters.